The predicted octanol–water partition coefficient (Wildman–Crippen LogP) is 3.07. The Morgan fingerprint density at radius 3 is 2.57 bits per heavy atom. The second kappa shape index (κ2) is 4.53. The van der Waals surface area contributed by atoms with E-state index in [1.807, 2.05) is 0 Å². The van der Waals surface area contributed by atoms with Crippen LogP contribution in [0.1, 0.15) is 23.4 Å². The molecule has 0 aliphatic carbocycles. The molecule has 2 nitrogen and oxygen atoms in total. The van der Waals surface area contributed by atoms with E-state index < -0.39 is 0 Å². The van der Waals surface area contributed by atoms with Gasteiger partial charge in [-0.2, -0.15) is 11.8 Å². The van der Waals surface area contributed by atoms with Gasteiger partial charge in [0.1, 0.15) is 0 Å². The van der Waals surface area contributed by atoms with E-state index in [0.29, 0.717) is 6.04 Å². The van der Waals surface area contributed by atoms with Crippen molar-refractivity contribution in [2.24, 2.45) is 0 Å². The second-order valence-electron chi connectivity index (χ2n) is 3.69. The number of hydrogen-bond donors (Lipinski definition) is 1. The van der Waals surface area contributed by atoms with E-state index in [1.165, 1.54) is 34.9 Å². The van der Waals surface area contributed by atoms with Crippen molar-refractivity contribution >= 4 is 28.2 Å². The number of aromatic nitrogens is 1. The Bertz CT molecular complexity index is 284. The minimum absolute atomic E-state index is 0.654. The molecule has 0 unspecified atom stereocenters. The molecule has 1 aliphatic rings. The van der Waals surface area contributed by atoms with Crippen molar-refractivity contribution in [1.29, 1.82) is 0 Å². The van der Waals surface area contributed by atoms with Gasteiger partial charge in [-0.05, 0) is 38.2 Å². The normalized spacial score (nSPS) is 18.4. The predicted molar refractivity (Wildman–Crippen MR) is 65.6 cm³/mol. The van der Waals surface area contributed by atoms with Gasteiger partial charge in [0.05, 0.1) is 5.69 Å². The average Bonchev–Trinajstić information content (AvgIpc) is 2.47. The van der Waals surface area contributed by atoms with E-state index in [4.69, 9.17) is 0 Å². The Balaban J connectivity index is 1.95. The van der Waals surface area contributed by atoms with Gasteiger partial charge in [0.25, 0.3) is 0 Å². The summed E-state index contributed by atoms with van der Waals surface area (Å²) < 4.78 is 0. The van der Waals surface area contributed by atoms with Gasteiger partial charge in [-0.1, -0.05) is 0 Å². The molecule has 0 spiro atoms. The SMILES string of the molecule is Cc1nc(NC2CCSCC2)sc1C. The van der Waals surface area contributed by atoms with Crippen LogP contribution in [0.2, 0.25) is 0 Å². The zero-order valence-electron chi connectivity index (χ0n) is 8.67. The molecule has 1 aliphatic heterocycles. The molecule has 14 heavy (non-hydrogen) atoms. The maximum absolute atomic E-state index is 4.50. The number of thiazole rings is 1. The molecule has 0 amide bonds. The van der Waals surface area contributed by atoms with Crippen LogP contribution in [0.25, 0.3) is 0 Å². The van der Waals surface area contributed by atoms with E-state index >= 15 is 0 Å². The Labute approximate surface area is 93.5 Å². The third kappa shape index (κ3) is 2.42. The summed E-state index contributed by atoms with van der Waals surface area (Å²) in [6, 6.07) is 0.654. The van der Waals surface area contributed by atoms with Crippen molar-refractivity contribution in [2.75, 3.05) is 16.8 Å². The summed E-state index contributed by atoms with van der Waals surface area (Å²) in [5, 5.41) is 4.64. The van der Waals surface area contributed by atoms with Crippen molar-refractivity contribution in [2.45, 2.75) is 32.7 Å². The molecule has 1 aromatic rings. The van der Waals surface area contributed by atoms with E-state index in [0.717, 1.165) is 5.13 Å². The van der Waals surface area contributed by atoms with Gasteiger partial charge in [0, 0.05) is 10.9 Å². The van der Waals surface area contributed by atoms with Crippen LogP contribution in [0.4, 0.5) is 5.13 Å². The summed E-state index contributed by atoms with van der Waals surface area (Å²) in [6.07, 6.45) is 2.56. The van der Waals surface area contributed by atoms with Crippen molar-refractivity contribution in [3.8, 4) is 0 Å². The van der Waals surface area contributed by atoms with Crippen LogP contribution in [0.15, 0.2) is 0 Å². The second-order valence-corrected chi connectivity index (χ2v) is 6.12. The molecule has 0 radical (unpaired) electrons. The molecule has 1 N–H and O–H groups in total. The number of thioether (sulfide) groups is 1. The van der Waals surface area contributed by atoms with Gasteiger partial charge in [-0.3, -0.25) is 0 Å². The smallest absolute Gasteiger partial charge is 0.183 e. The van der Waals surface area contributed by atoms with Gasteiger partial charge < -0.3 is 5.32 Å². The van der Waals surface area contributed by atoms with Gasteiger partial charge in [-0.15, -0.1) is 11.3 Å². The number of nitrogens with zero attached hydrogens (tertiary/aromatic N) is 1. The van der Waals surface area contributed by atoms with E-state index in [2.05, 4.69) is 35.9 Å². The monoisotopic (exact) mass is 228 g/mol. The van der Waals surface area contributed by atoms with Crippen LogP contribution in [0.3, 0.4) is 0 Å². The fraction of sp³-hybridized carbons (Fsp3) is 0.700. The number of rotatable bonds is 2. The van der Waals surface area contributed by atoms with Crippen LogP contribution in [0, 0.1) is 13.8 Å². The number of aryl methyl sites for hydroxylation is 2. The van der Waals surface area contributed by atoms with Crippen LogP contribution in [0.5, 0.6) is 0 Å². The summed E-state index contributed by atoms with van der Waals surface area (Å²) in [7, 11) is 0. The van der Waals surface area contributed by atoms with Crippen molar-refractivity contribution < 1.29 is 0 Å². The molecule has 0 atom stereocenters. The standard InChI is InChI=1S/C10H16N2S2/c1-7-8(2)14-10(11-7)12-9-3-5-13-6-4-9/h9H,3-6H2,1-2H3,(H,11,12). The van der Waals surface area contributed by atoms with Crippen LogP contribution < -0.4 is 5.32 Å². The summed E-state index contributed by atoms with van der Waals surface area (Å²) in [4.78, 5) is 5.84. The van der Waals surface area contributed by atoms with Crippen LogP contribution >= 0.6 is 23.1 Å². The Morgan fingerprint density at radius 2 is 2.00 bits per heavy atom. The average molecular weight is 228 g/mol. The molecule has 1 fully saturated rings. The summed E-state index contributed by atoms with van der Waals surface area (Å²) in [5.74, 6) is 2.59. The van der Waals surface area contributed by atoms with E-state index in [-0.39, 0.29) is 0 Å². The molecule has 2 rings (SSSR count). The molecule has 78 valence electrons. The lowest BCUT2D eigenvalue weighted by molar-refractivity contribution is 0.666. The fourth-order valence-electron chi connectivity index (χ4n) is 1.55. The summed E-state index contributed by atoms with van der Waals surface area (Å²) in [6.45, 7) is 4.21. The highest BCUT2D eigenvalue weighted by atomic mass is 32.2. The van der Waals surface area contributed by atoms with E-state index in [9.17, 15) is 0 Å². The minimum Gasteiger partial charge on any atom is -0.359 e. The molecule has 2 heterocycles. The molecule has 0 aromatic carbocycles. The highest BCUT2D eigenvalue weighted by Crippen LogP contribution is 2.25. The molecular weight excluding hydrogens is 212 g/mol. The van der Waals surface area contributed by atoms with Crippen molar-refractivity contribution in [3.63, 3.8) is 0 Å². The summed E-state index contributed by atoms with van der Waals surface area (Å²) >= 11 is 3.84. The first-order chi connectivity index (χ1) is 6.75. The third-order valence-corrected chi connectivity index (χ3v) is 4.63. The maximum Gasteiger partial charge on any atom is 0.183 e. The number of nitrogens with one attached hydrogen (secondary N) is 1. The molecule has 1 aromatic heterocycles. The van der Waals surface area contributed by atoms with Gasteiger partial charge in [0.2, 0.25) is 0 Å². The topological polar surface area (TPSA) is 24.9 Å². The lowest BCUT2D eigenvalue weighted by atomic mass is 10.2. The Hall–Kier alpha value is -0.220. The fourth-order valence-corrected chi connectivity index (χ4v) is 3.55. The largest absolute Gasteiger partial charge is 0.359 e. The molecule has 0 bridgehead atoms. The molecule has 4 heteroatoms. The molecule has 0 saturated carbocycles. The molecular formula is C10H16N2S2. The third-order valence-electron chi connectivity index (χ3n) is 2.58. The van der Waals surface area contributed by atoms with Gasteiger partial charge in [0.15, 0.2) is 5.13 Å². The van der Waals surface area contributed by atoms with Gasteiger partial charge >= 0.3 is 0 Å². The first-order valence-electron chi connectivity index (χ1n) is 5.04. The Kier molecular flexibility index (Phi) is 3.34. The highest BCUT2D eigenvalue weighted by Gasteiger charge is 2.14. The molecule has 1 saturated heterocycles. The first-order valence-corrected chi connectivity index (χ1v) is 7.01. The lowest BCUT2D eigenvalue weighted by Gasteiger charge is -2.21. The minimum atomic E-state index is 0.654. The van der Waals surface area contributed by atoms with Crippen LogP contribution in [-0.2, 0) is 0 Å². The first kappa shape index (κ1) is 10.3. The Morgan fingerprint density at radius 1 is 1.29 bits per heavy atom. The number of hydrogen-bond acceptors (Lipinski definition) is 4. The number of anilines is 1. The van der Waals surface area contributed by atoms with Crippen molar-refractivity contribution in [1.82, 2.24) is 4.98 Å². The lowest BCUT2D eigenvalue weighted by Crippen LogP contribution is -2.24. The van der Waals surface area contributed by atoms with E-state index in [1.54, 1.807) is 11.3 Å². The zero-order chi connectivity index (χ0) is 9.97. The van der Waals surface area contributed by atoms with Crippen molar-refractivity contribution in [3.05, 3.63) is 10.6 Å². The highest BCUT2D eigenvalue weighted by molar-refractivity contribution is 7.99. The zero-order valence-corrected chi connectivity index (χ0v) is 10.3. The van der Waals surface area contributed by atoms with Gasteiger partial charge in [-0.25, -0.2) is 4.98 Å². The van der Waals surface area contributed by atoms with Crippen LogP contribution in [-0.4, -0.2) is 22.5 Å². The quantitative estimate of drug-likeness (QED) is 0.842. The summed E-state index contributed by atoms with van der Waals surface area (Å²) in [5.41, 5.74) is 1.17. The maximum atomic E-state index is 4.50.